The molecule has 1 unspecified atom stereocenters. The second-order valence-corrected chi connectivity index (χ2v) is 5.97. The average Bonchev–Trinajstić information content (AvgIpc) is 2.28. The Kier molecular flexibility index (Phi) is 6.01. The van der Waals surface area contributed by atoms with E-state index in [0.29, 0.717) is 6.04 Å². The van der Waals surface area contributed by atoms with Crippen molar-refractivity contribution < 1.29 is 4.79 Å². The first kappa shape index (κ1) is 16.2. The molecule has 0 N–H and O–H groups in total. The van der Waals surface area contributed by atoms with Gasteiger partial charge in [-0.1, -0.05) is 0 Å². The number of anilines is 1. The van der Waals surface area contributed by atoms with Gasteiger partial charge in [0.05, 0.1) is 0 Å². The predicted molar refractivity (Wildman–Crippen MR) is 85.2 cm³/mol. The van der Waals surface area contributed by atoms with Gasteiger partial charge in [-0.3, -0.25) is 4.79 Å². The van der Waals surface area contributed by atoms with E-state index in [0.717, 1.165) is 28.8 Å². The lowest BCUT2D eigenvalue weighted by atomic mass is 10.1. The van der Waals surface area contributed by atoms with Crippen LogP contribution < -0.4 is 4.90 Å². The third kappa shape index (κ3) is 4.32. The van der Waals surface area contributed by atoms with Gasteiger partial charge in [0.25, 0.3) is 0 Å². The lowest BCUT2D eigenvalue weighted by Gasteiger charge is -2.32. The molecule has 0 fully saturated rings. The average molecular weight is 327 g/mol. The number of likely N-dealkylation sites (N-methyl/N-ethyl adjacent to an activating group) is 2. The Hall–Kier alpha value is -0.870. The van der Waals surface area contributed by atoms with Gasteiger partial charge < -0.3 is 9.80 Å². The fourth-order valence-corrected chi connectivity index (χ4v) is 2.99. The smallest absolute Gasteiger partial charge is 0.160 e. The van der Waals surface area contributed by atoms with Crippen molar-refractivity contribution in [1.82, 2.24) is 4.90 Å². The van der Waals surface area contributed by atoms with Crippen LogP contribution in [0, 0.1) is 0 Å². The van der Waals surface area contributed by atoms with E-state index in [2.05, 4.69) is 53.7 Å². The number of ketones is 1. The summed E-state index contributed by atoms with van der Waals surface area (Å²) in [5.41, 5.74) is 1.88. The van der Waals surface area contributed by atoms with Crippen molar-refractivity contribution in [3.63, 3.8) is 0 Å². The van der Waals surface area contributed by atoms with Gasteiger partial charge in [0.15, 0.2) is 5.78 Å². The molecule has 0 aliphatic heterocycles. The first-order valence-electron chi connectivity index (χ1n) is 6.58. The van der Waals surface area contributed by atoms with E-state index in [1.54, 1.807) is 6.92 Å². The number of halogens is 1. The Morgan fingerprint density at radius 1 is 1.37 bits per heavy atom. The molecule has 0 aliphatic carbocycles. The minimum atomic E-state index is 0.0859. The van der Waals surface area contributed by atoms with Crippen molar-refractivity contribution in [2.75, 3.05) is 32.1 Å². The van der Waals surface area contributed by atoms with Crippen LogP contribution in [-0.2, 0) is 0 Å². The van der Waals surface area contributed by atoms with Gasteiger partial charge in [-0.05, 0) is 69.0 Å². The summed E-state index contributed by atoms with van der Waals surface area (Å²) in [5, 5.41) is 0. The van der Waals surface area contributed by atoms with Crippen LogP contribution >= 0.6 is 15.9 Å². The zero-order chi connectivity index (χ0) is 14.6. The monoisotopic (exact) mass is 326 g/mol. The van der Waals surface area contributed by atoms with Crippen LogP contribution in [0.5, 0.6) is 0 Å². The molecule has 0 radical (unpaired) electrons. The largest absolute Gasteiger partial charge is 0.368 e. The molecule has 1 aromatic carbocycles. The molecule has 19 heavy (non-hydrogen) atoms. The first-order chi connectivity index (χ1) is 8.86. The van der Waals surface area contributed by atoms with Gasteiger partial charge in [-0.15, -0.1) is 0 Å². The molecule has 0 saturated heterocycles. The maximum atomic E-state index is 11.4. The molecule has 4 heteroatoms. The van der Waals surface area contributed by atoms with Gasteiger partial charge in [0.2, 0.25) is 0 Å². The van der Waals surface area contributed by atoms with Gasteiger partial charge in [-0.2, -0.15) is 0 Å². The molecule has 0 aromatic heterocycles. The van der Waals surface area contributed by atoms with Gasteiger partial charge in [-0.25, -0.2) is 0 Å². The Labute approximate surface area is 124 Å². The van der Waals surface area contributed by atoms with Crippen LogP contribution in [0.25, 0.3) is 0 Å². The van der Waals surface area contributed by atoms with E-state index in [-0.39, 0.29) is 5.78 Å². The summed E-state index contributed by atoms with van der Waals surface area (Å²) in [6.07, 6.45) is 0. The normalized spacial score (nSPS) is 12.6. The van der Waals surface area contributed by atoms with Crippen molar-refractivity contribution in [2.45, 2.75) is 26.8 Å². The summed E-state index contributed by atoms with van der Waals surface area (Å²) in [7, 11) is 4.16. The predicted octanol–water partition coefficient (Wildman–Crippen LogP) is 3.43. The van der Waals surface area contributed by atoms with Crippen molar-refractivity contribution in [3.8, 4) is 0 Å². The summed E-state index contributed by atoms with van der Waals surface area (Å²) < 4.78 is 0.869. The number of benzene rings is 1. The Morgan fingerprint density at radius 3 is 2.42 bits per heavy atom. The number of rotatable bonds is 6. The van der Waals surface area contributed by atoms with E-state index in [4.69, 9.17) is 0 Å². The molecular formula is C15H23BrN2O. The van der Waals surface area contributed by atoms with E-state index >= 15 is 0 Å². The first-order valence-corrected chi connectivity index (χ1v) is 7.38. The van der Waals surface area contributed by atoms with Gasteiger partial charge in [0, 0.05) is 34.9 Å². The standard InChI is InChI=1S/C15H23BrN2O/c1-6-18(11(2)10-17(4)5)13-7-8-14(12(3)19)15(16)9-13/h7-9,11H,6,10H2,1-5H3. The third-order valence-corrected chi connectivity index (χ3v) is 3.82. The molecule has 1 rings (SSSR count). The van der Waals surface area contributed by atoms with Crippen LogP contribution in [0.4, 0.5) is 5.69 Å². The quantitative estimate of drug-likeness (QED) is 0.748. The molecule has 0 saturated carbocycles. The summed E-state index contributed by atoms with van der Waals surface area (Å²) >= 11 is 3.49. The number of nitrogens with zero attached hydrogens (tertiary/aromatic N) is 2. The summed E-state index contributed by atoms with van der Waals surface area (Å²) in [6.45, 7) is 7.90. The second kappa shape index (κ2) is 7.06. The second-order valence-electron chi connectivity index (χ2n) is 5.12. The van der Waals surface area contributed by atoms with E-state index < -0.39 is 0 Å². The maximum absolute atomic E-state index is 11.4. The summed E-state index contributed by atoms with van der Waals surface area (Å²) in [4.78, 5) is 16.0. The van der Waals surface area contributed by atoms with Crippen molar-refractivity contribution in [1.29, 1.82) is 0 Å². The van der Waals surface area contributed by atoms with Crippen LogP contribution in [0.3, 0.4) is 0 Å². The summed E-state index contributed by atoms with van der Waals surface area (Å²) in [5.74, 6) is 0.0859. The highest BCUT2D eigenvalue weighted by atomic mass is 79.9. The molecule has 0 aliphatic rings. The highest BCUT2D eigenvalue weighted by Gasteiger charge is 2.15. The lowest BCUT2D eigenvalue weighted by Crippen LogP contribution is -2.40. The van der Waals surface area contributed by atoms with Crippen molar-refractivity contribution in [3.05, 3.63) is 28.2 Å². The van der Waals surface area contributed by atoms with Crippen LogP contribution in [0.15, 0.2) is 22.7 Å². The van der Waals surface area contributed by atoms with Gasteiger partial charge >= 0.3 is 0 Å². The highest BCUT2D eigenvalue weighted by molar-refractivity contribution is 9.10. The topological polar surface area (TPSA) is 23.6 Å². The maximum Gasteiger partial charge on any atom is 0.160 e. The molecular weight excluding hydrogens is 304 g/mol. The SMILES string of the molecule is CCN(c1ccc(C(C)=O)c(Br)c1)C(C)CN(C)C. The van der Waals surface area contributed by atoms with E-state index in [1.165, 1.54) is 0 Å². The summed E-state index contributed by atoms with van der Waals surface area (Å²) in [6, 6.07) is 6.38. The number of Topliss-reactive ketones (excluding diaryl/α,β-unsaturated/α-hetero) is 1. The highest BCUT2D eigenvalue weighted by Crippen LogP contribution is 2.26. The molecule has 0 amide bonds. The van der Waals surface area contributed by atoms with E-state index in [9.17, 15) is 4.79 Å². The molecule has 0 heterocycles. The zero-order valence-corrected chi connectivity index (χ0v) is 14.0. The fourth-order valence-electron chi connectivity index (χ4n) is 2.34. The van der Waals surface area contributed by atoms with Crippen LogP contribution in [0.2, 0.25) is 0 Å². The molecule has 0 spiro atoms. The minimum absolute atomic E-state index is 0.0859. The lowest BCUT2D eigenvalue weighted by molar-refractivity contribution is 0.101. The Morgan fingerprint density at radius 2 is 2.00 bits per heavy atom. The van der Waals surface area contributed by atoms with Crippen molar-refractivity contribution >= 4 is 27.4 Å². The molecule has 0 bridgehead atoms. The molecule has 106 valence electrons. The van der Waals surface area contributed by atoms with Crippen LogP contribution in [0.1, 0.15) is 31.1 Å². The Bertz CT molecular complexity index is 446. The molecule has 1 aromatic rings. The van der Waals surface area contributed by atoms with Gasteiger partial charge in [0.1, 0.15) is 0 Å². The third-order valence-electron chi connectivity index (χ3n) is 3.17. The van der Waals surface area contributed by atoms with Crippen LogP contribution in [-0.4, -0.2) is 43.9 Å². The number of hydrogen-bond donors (Lipinski definition) is 0. The van der Waals surface area contributed by atoms with E-state index in [1.807, 2.05) is 18.2 Å². The number of hydrogen-bond acceptors (Lipinski definition) is 3. The minimum Gasteiger partial charge on any atom is -0.368 e. The fraction of sp³-hybridized carbons (Fsp3) is 0.533. The molecule has 1 atom stereocenters. The van der Waals surface area contributed by atoms with Crippen molar-refractivity contribution in [2.24, 2.45) is 0 Å². The Balaban J connectivity index is 2.99. The zero-order valence-electron chi connectivity index (χ0n) is 12.4. The molecule has 3 nitrogen and oxygen atoms in total. The number of carbonyl (C=O) groups excluding carboxylic acids is 1. The number of carbonyl (C=O) groups is 1.